The number of benzene rings is 2. The number of anilines is 1. The molecule has 0 aliphatic carbocycles. The van der Waals surface area contributed by atoms with Gasteiger partial charge in [0.15, 0.2) is 0 Å². The van der Waals surface area contributed by atoms with Crippen LogP contribution < -0.4 is 5.43 Å². The van der Waals surface area contributed by atoms with E-state index in [1.807, 2.05) is 30.3 Å². The summed E-state index contributed by atoms with van der Waals surface area (Å²) < 4.78 is 0. The lowest BCUT2D eigenvalue weighted by molar-refractivity contribution is 1.29. The molecule has 18 heavy (non-hydrogen) atoms. The third kappa shape index (κ3) is 3.11. The van der Waals surface area contributed by atoms with Crippen molar-refractivity contribution in [3.05, 3.63) is 64.2 Å². The van der Waals surface area contributed by atoms with Gasteiger partial charge in [-0.1, -0.05) is 35.9 Å². The Labute approximate surface area is 112 Å². The predicted molar refractivity (Wildman–Crippen MR) is 78.6 cm³/mol. The summed E-state index contributed by atoms with van der Waals surface area (Å²) in [6.07, 6.45) is 1.72. The van der Waals surface area contributed by atoms with Crippen molar-refractivity contribution < 1.29 is 0 Å². The molecule has 0 aliphatic rings. The second-order valence-corrected chi connectivity index (χ2v) is 4.60. The molecule has 0 unspecified atom stereocenters. The molecule has 2 aromatic carbocycles. The minimum atomic E-state index is 0.697. The van der Waals surface area contributed by atoms with Gasteiger partial charge in [0.05, 0.1) is 11.9 Å². The molecule has 0 bridgehead atoms. The molecule has 92 valence electrons. The molecule has 0 saturated carbocycles. The lowest BCUT2D eigenvalue weighted by Gasteiger charge is -2.04. The standard InChI is InChI=1S/C15H15ClN2/c1-11-7-8-14(9-12(11)2)18-17-10-13-5-3-4-6-15(13)16/h3-10,18H,1-2H3/b17-10+. The van der Waals surface area contributed by atoms with E-state index in [-0.39, 0.29) is 0 Å². The molecule has 1 N–H and O–H groups in total. The quantitative estimate of drug-likeness (QED) is 0.640. The summed E-state index contributed by atoms with van der Waals surface area (Å²) in [6.45, 7) is 4.17. The second-order valence-electron chi connectivity index (χ2n) is 4.19. The van der Waals surface area contributed by atoms with Gasteiger partial charge in [0.25, 0.3) is 0 Å². The fraction of sp³-hybridized carbons (Fsp3) is 0.133. The van der Waals surface area contributed by atoms with E-state index in [1.54, 1.807) is 6.21 Å². The zero-order chi connectivity index (χ0) is 13.0. The number of hydrazone groups is 1. The summed E-state index contributed by atoms with van der Waals surface area (Å²) in [5.74, 6) is 0. The average molecular weight is 259 g/mol. The number of hydrogen-bond donors (Lipinski definition) is 1. The minimum absolute atomic E-state index is 0.697. The van der Waals surface area contributed by atoms with Gasteiger partial charge < -0.3 is 0 Å². The van der Waals surface area contributed by atoms with Crippen LogP contribution in [0.25, 0.3) is 0 Å². The maximum atomic E-state index is 6.03. The number of hydrogen-bond acceptors (Lipinski definition) is 2. The average Bonchev–Trinajstić information content (AvgIpc) is 2.36. The third-order valence-electron chi connectivity index (χ3n) is 2.81. The molecule has 0 spiro atoms. The number of nitrogens with zero attached hydrogens (tertiary/aromatic N) is 1. The van der Waals surface area contributed by atoms with E-state index in [2.05, 4.69) is 36.5 Å². The van der Waals surface area contributed by atoms with Gasteiger partial charge in [-0.15, -0.1) is 0 Å². The molecular formula is C15H15ClN2. The summed E-state index contributed by atoms with van der Waals surface area (Å²) in [4.78, 5) is 0. The topological polar surface area (TPSA) is 24.4 Å². The van der Waals surface area contributed by atoms with Gasteiger partial charge in [-0.05, 0) is 43.2 Å². The summed E-state index contributed by atoms with van der Waals surface area (Å²) >= 11 is 6.03. The molecule has 2 aromatic rings. The van der Waals surface area contributed by atoms with Crippen LogP contribution in [0.2, 0.25) is 5.02 Å². The van der Waals surface area contributed by atoms with Crippen molar-refractivity contribution in [1.82, 2.24) is 0 Å². The molecule has 2 nitrogen and oxygen atoms in total. The van der Waals surface area contributed by atoms with Gasteiger partial charge in [0.1, 0.15) is 0 Å². The largest absolute Gasteiger partial charge is 0.278 e. The van der Waals surface area contributed by atoms with E-state index in [9.17, 15) is 0 Å². The molecule has 0 radical (unpaired) electrons. The van der Waals surface area contributed by atoms with Gasteiger partial charge in [-0.3, -0.25) is 5.43 Å². The summed E-state index contributed by atoms with van der Waals surface area (Å²) in [5.41, 5.74) is 7.39. The maximum absolute atomic E-state index is 6.03. The molecule has 0 amide bonds. The maximum Gasteiger partial charge on any atom is 0.0564 e. The highest BCUT2D eigenvalue weighted by Gasteiger charge is 1.96. The number of nitrogens with one attached hydrogen (secondary N) is 1. The normalized spacial score (nSPS) is 10.8. The zero-order valence-electron chi connectivity index (χ0n) is 10.4. The lowest BCUT2D eigenvalue weighted by Crippen LogP contribution is -1.92. The van der Waals surface area contributed by atoms with Crippen molar-refractivity contribution in [2.24, 2.45) is 5.10 Å². The van der Waals surface area contributed by atoms with Crippen molar-refractivity contribution in [1.29, 1.82) is 0 Å². The van der Waals surface area contributed by atoms with Crippen LogP contribution in [0, 0.1) is 13.8 Å². The van der Waals surface area contributed by atoms with Crippen molar-refractivity contribution in [3.63, 3.8) is 0 Å². The van der Waals surface area contributed by atoms with Crippen molar-refractivity contribution in [2.75, 3.05) is 5.43 Å². The monoisotopic (exact) mass is 258 g/mol. The molecule has 0 aliphatic heterocycles. The van der Waals surface area contributed by atoms with Crippen molar-refractivity contribution in [2.45, 2.75) is 13.8 Å². The van der Waals surface area contributed by atoms with Gasteiger partial charge in [-0.25, -0.2) is 0 Å². The summed E-state index contributed by atoms with van der Waals surface area (Å²) in [7, 11) is 0. The molecule has 0 heterocycles. The molecule has 0 atom stereocenters. The molecule has 0 saturated heterocycles. The molecule has 0 aromatic heterocycles. The van der Waals surface area contributed by atoms with E-state index in [1.165, 1.54) is 11.1 Å². The predicted octanol–water partition coefficient (Wildman–Crippen LogP) is 4.40. The lowest BCUT2D eigenvalue weighted by atomic mass is 10.1. The van der Waals surface area contributed by atoms with Crippen LogP contribution in [-0.2, 0) is 0 Å². The Bertz CT molecular complexity index is 576. The van der Waals surface area contributed by atoms with E-state index in [0.29, 0.717) is 5.02 Å². The highest BCUT2D eigenvalue weighted by atomic mass is 35.5. The van der Waals surface area contributed by atoms with Crippen LogP contribution in [0.5, 0.6) is 0 Å². The van der Waals surface area contributed by atoms with Gasteiger partial charge in [0, 0.05) is 10.6 Å². The smallest absolute Gasteiger partial charge is 0.0564 e. The molecule has 3 heteroatoms. The van der Waals surface area contributed by atoms with Crippen LogP contribution in [0.1, 0.15) is 16.7 Å². The van der Waals surface area contributed by atoms with Gasteiger partial charge >= 0.3 is 0 Å². The van der Waals surface area contributed by atoms with Crippen LogP contribution in [0.4, 0.5) is 5.69 Å². The van der Waals surface area contributed by atoms with Crippen LogP contribution in [-0.4, -0.2) is 6.21 Å². The zero-order valence-corrected chi connectivity index (χ0v) is 11.2. The van der Waals surface area contributed by atoms with E-state index in [0.717, 1.165) is 11.3 Å². The van der Waals surface area contributed by atoms with E-state index < -0.39 is 0 Å². The Morgan fingerprint density at radius 2 is 1.83 bits per heavy atom. The number of aryl methyl sites for hydroxylation is 2. The molecule has 2 rings (SSSR count). The van der Waals surface area contributed by atoms with Gasteiger partial charge in [0.2, 0.25) is 0 Å². The number of rotatable bonds is 3. The minimum Gasteiger partial charge on any atom is -0.278 e. The Balaban J connectivity index is 2.07. The number of halogens is 1. The highest BCUT2D eigenvalue weighted by Crippen LogP contribution is 2.15. The van der Waals surface area contributed by atoms with Crippen LogP contribution >= 0.6 is 11.6 Å². The first-order valence-electron chi connectivity index (χ1n) is 5.77. The first-order valence-corrected chi connectivity index (χ1v) is 6.15. The van der Waals surface area contributed by atoms with Crippen LogP contribution in [0.15, 0.2) is 47.6 Å². The Morgan fingerprint density at radius 1 is 1.06 bits per heavy atom. The summed E-state index contributed by atoms with van der Waals surface area (Å²) in [5, 5.41) is 4.88. The van der Waals surface area contributed by atoms with Gasteiger partial charge in [-0.2, -0.15) is 5.10 Å². The first-order chi connectivity index (χ1) is 8.66. The van der Waals surface area contributed by atoms with E-state index >= 15 is 0 Å². The molecular weight excluding hydrogens is 244 g/mol. The van der Waals surface area contributed by atoms with Crippen molar-refractivity contribution >= 4 is 23.5 Å². The van der Waals surface area contributed by atoms with Crippen LogP contribution in [0.3, 0.4) is 0 Å². The SMILES string of the molecule is Cc1ccc(N/N=C/c2ccccc2Cl)cc1C. The van der Waals surface area contributed by atoms with Crippen molar-refractivity contribution in [3.8, 4) is 0 Å². The Morgan fingerprint density at radius 3 is 2.56 bits per heavy atom. The van der Waals surface area contributed by atoms with E-state index in [4.69, 9.17) is 11.6 Å². The highest BCUT2D eigenvalue weighted by molar-refractivity contribution is 6.33. The third-order valence-corrected chi connectivity index (χ3v) is 3.15. The fourth-order valence-electron chi connectivity index (χ4n) is 1.57. The Hall–Kier alpha value is -1.80. The molecule has 0 fully saturated rings. The fourth-order valence-corrected chi connectivity index (χ4v) is 1.75. The Kier molecular flexibility index (Phi) is 4.00. The first kappa shape index (κ1) is 12.7. The second kappa shape index (κ2) is 5.69. The summed E-state index contributed by atoms with van der Waals surface area (Å²) in [6, 6.07) is 13.8.